The molecule has 0 amide bonds. The summed E-state index contributed by atoms with van der Waals surface area (Å²) in [5.74, 6) is 0.350. The van der Waals surface area contributed by atoms with Gasteiger partial charge in [-0.3, -0.25) is 0 Å². The first kappa shape index (κ1) is 16.4. The first-order valence-electron chi connectivity index (χ1n) is 7.67. The van der Waals surface area contributed by atoms with E-state index in [4.69, 9.17) is 0 Å². The van der Waals surface area contributed by atoms with Gasteiger partial charge in [0, 0.05) is 5.56 Å². The van der Waals surface area contributed by atoms with E-state index in [9.17, 15) is 10.2 Å². The van der Waals surface area contributed by atoms with Crippen LogP contribution in [0, 0.1) is 0 Å². The third kappa shape index (κ3) is 3.27. The summed E-state index contributed by atoms with van der Waals surface area (Å²) < 4.78 is 0. The zero-order chi connectivity index (χ0) is 16.7. The molecule has 2 aromatic carbocycles. The standard InChI is InChI=1S/C20H26O2/c1-19(2,3)13-7-9-17(20(4,5)6)15(11-13)16-12-14(21)8-10-18(16)22/h7-12,21-22H,1-6H3. The van der Waals surface area contributed by atoms with E-state index in [0.29, 0.717) is 5.56 Å². The van der Waals surface area contributed by atoms with Gasteiger partial charge in [0.2, 0.25) is 0 Å². The molecule has 118 valence electrons. The summed E-state index contributed by atoms with van der Waals surface area (Å²) in [6.45, 7) is 13.0. The topological polar surface area (TPSA) is 40.5 Å². The second kappa shape index (κ2) is 5.35. The van der Waals surface area contributed by atoms with E-state index in [0.717, 1.165) is 11.1 Å². The third-order valence-corrected chi connectivity index (χ3v) is 3.96. The Morgan fingerprint density at radius 3 is 1.86 bits per heavy atom. The summed E-state index contributed by atoms with van der Waals surface area (Å²) in [4.78, 5) is 0. The maximum atomic E-state index is 10.3. The SMILES string of the molecule is CC(C)(C)c1ccc(C(C)(C)C)c(-c2cc(O)ccc2O)c1. The van der Waals surface area contributed by atoms with E-state index in [1.54, 1.807) is 12.1 Å². The Morgan fingerprint density at radius 2 is 1.32 bits per heavy atom. The predicted octanol–water partition coefficient (Wildman–Crippen LogP) is 5.36. The van der Waals surface area contributed by atoms with Crippen molar-refractivity contribution < 1.29 is 10.2 Å². The van der Waals surface area contributed by atoms with Gasteiger partial charge in [-0.25, -0.2) is 0 Å². The molecular formula is C20H26O2. The normalized spacial score (nSPS) is 12.5. The minimum absolute atomic E-state index is 0.0254. The van der Waals surface area contributed by atoms with Gasteiger partial charge in [-0.05, 0) is 45.7 Å². The molecule has 0 aromatic heterocycles. The van der Waals surface area contributed by atoms with Gasteiger partial charge in [0.25, 0.3) is 0 Å². The smallest absolute Gasteiger partial charge is 0.123 e. The molecule has 0 bridgehead atoms. The fraction of sp³-hybridized carbons (Fsp3) is 0.400. The average molecular weight is 298 g/mol. The number of benzene rings is 2. The molecule has 0 radical (unpaired) electrons. The van der Waals surface area contributed by atoms with Gasteiger partial charge in [-0.2, -0.15) is 0 Å². The second-order valence-electron chi connectivity index (χ2n) is 7.96. The first-order chi connectivity index (χ1) is 10.00. The van der Waals surface area contributed by atoms with Crippen LogP contribution in [-0.4, -0.2) is 10.2 Å². The van der Waals surface area contributed by atoms with Crippen molar-refractivity contribution in [1.29, 1.82) is 0 Å². The first-order valence-corrected chi connectivity index (χ1v) is 7.67. The van der Waals surface area contributed by atoms with E-state index < -0.39 is 0 Å². The Hall–Kier alpha value is -1.96. The van der Waals surface area contributed by atoms with Gasteiger partial charge >= 0.3 is 0 Å². The van der Waals surface area contributed by atoms with Crippen molar-refractivity contribution in [3.8, 4) is 22.6 Å². The van der Waals surface area contributed by atoms with E-state index in [1.807, 2.05) is 0 Å². The Kier molecular flexibility index (Phi) is 3.99. The molecule has 0 saturated carbocycles. The van der Waals surface area contributed by atoms with Crippen LogP contribution in [0.15, 0.2) is 36.4 Å². The summed E-state index contributed by atoms with van der Waals surface area (Å²) in [7, 11) is 0. The minimum atomic E-state index is -0.0519. The zero-order valence-corrected chi connectivity index (χ0v) is 14.4. The van der Waals surface area contributed by atoms with Gasteiger partial charge in [-0.1, -0.05) is 59.7 Å². The molecule has 0 aliphatic carbocycles. The van der Waals surface area contributed by atoms with E-state index in [2.05, 4.69) is 59.7 Å². The van der Waals surface area contributed by atoms with Crippen LogP contribution in [0.4, 0.5) is 0 Å². The van der Waals surface area contributed by atoms with Crippen LogP contribution in [0.1, 0.15) is 52.7 Å². The van der Waals surface area contributed by atoms with Crippen LogP contribution in [0.5, 0.6) is 11.5 Å². The van der Waals surface area contributed by atoms with Crippen molar-refractivity contribution in [1.82, 2.24) is 0 Å². The summed E-state index contributed by atoms with van der Waals surface area (Å²) in [6, 6.07) is 11.1. The lowest BCUT2D eigenvalue weighted by molar-refractivity contribution is 0.461. The molecule has 22 heavy (non-hydrogen) atoms. The largest absolute Gasteiger partial charge is 0.508 e. The molecule has 0 saturated heterocycles. The molecule has 0 aliphatic rings. The fourth-order valence-electron chi connectivity index (χ4n) is 2.63. The summed E-state index contributed by atoms with van der Waals surface area (Å²) in [5, 5.41) is 20.1. The Bertz CT molecular complexity index is 686. The van der Waals surface area contributed by atoms with Crippen LogP contribution < -0.4 is 0 Å². The highest BCUT2D eigenvalue weighted by atomic mass is 16.3. The molecule has 0 heterocycles. The maximum Gasteiger partial charge on any atom is 0.123 e. The van der Waals surface area contributed by atoms with Crippen LogP contribution in [-0.2, 0) is 10.8 Å². The lowest BCUT2D eigenvalue weighted by Crippen LogP contribution is -2.16. The molecular weight excluding hydrogens is 272 g/mol. The highest BCUT2D eigenvalue weighted by Crippen LogP contribution is 2.40. The molecule has 2 N–H and O–H groups in total. The number of rotatable bonds is 1. The molecule has 2 heteroatoms. The lowest BCUT2D eigenvalue weighted by Gasteiger charge is -2.27. The zero-order valence-electron chi connectivity index (χ0n) is 14.4. The number of phenolic OH excluding ortho intramolecular Hbond substituents is 2. The Balaban J connectivity index is 2.78. The van der Waals surface area contributed by atoms with E-state index in [-0.39, 0.29) is 22.3 Å². The molecule has 0 atom stereocenters. The van der Waals surface area contributed by atoms with Crippen molar-refractivity contribution in [2.24, 2.45) is 0 Å². The molecule has 2 rings (SSSR count). The molecule has 0 unspecified atom stereocenters. The van der Waals surface area contributed by atoms with Crippen molar-refractivity contribution in [2.75, 3.05) is 0 Å². The third-order valence-electron chi connectivity index (χ3n) is 3.96. The van der Waals surface area contributed by atoms with Gasteiger partial charge in [0.05, 0.1) is 0 Å². The minimum Gasteiger partial charge on any atom is -0.508 e. The number of hydrogen-bond donors (Lipinski definition) is 2. The molecule has 2 aromatic rings. The highest BCUT2D eigenvalue weighted by molar-refractivity contribution is 5.76. The van der Waals surface area contributed by atoms with Crippen molar-refractivity contribution in [2.45, 2.75) is 52.4 Å². The van der Waals surface area contributed by atoms with Crippen LogP contribution >= 0.6 is 0 Å². The van der Waals surface area contributed by atoms with Gasteiger partial charge in [0.1, 0.15) is 11.5 Å². The van der Waals surface area contributed by atoms with E-state index >= 15 is 0 Å². The molecule has 0 spiro atoms. The van der Waals surface area contributed by atoms with Crippen LogP contribution in [0.3, 0.4) is 0 Å². The Morgan fingerprint density at radius 1 is 0.682 bits per heavy atom. The second-order valence-corrected chi connectivity index (χ2v) is 7.96. The Labute approximate surface area is 133 Å². The molecule has 2 nitrogen and oxygen atoms in total. The van der Waals surface area contributed by atoms with Crippen molar-refractivity contribution >= 4 is 0 Å². The number of phenols is 2. The number of aromatic hydroxyl groups is 2. The summed E-state index contributed by atoms with van der Waals surface area (Å²) in [5.41, 5.74) is 3.99. The average Bonchev–Trinajstić information content (AvgIpc) is 2.39. The monoisotopic (exact) mass is 298 g/mol. The predicted molar refractivity (Wildman–Crippen MR) is 92.6 cm³/mol. The van der Waals surface area contributed by atoms with Gasteiger partial charge in [0.15, 0.2) is 0 Å². The van der Waals surface area contributed by atoms with Crippen LogP contribution in [0.2, 0.25) is 0 Å². The van der Waals surface area contributed by atoms with Crippen molar-refractivity contribution in [3.05, 3.63) is 47.5 Å². The highest BCUT2D eigenvalue weighted by Gasteiger charge is 2.23. The van der Waals surface area contributed by atoms with Gasteiger partial charge in [-0.15, -0.1) is 0 Å². The quantitative estimate of drug-likeness (QED) is 0.696. The van der Waals surface area contributed by atoms with Gasteiger partial charge < -0.3 is 10.2 Å². The summed E-state index contributed by atoms with van der Waals surface area (Å²) >= 11 is 0. The summed E-state index contributed by atoms with van der Waals surface area (Å²) in [6.07, 6.45) is 0. The van der Waals surface area contributed by atoms with Crippen molar-refractivity contribution in [3.63, 3.8) is 0 Å². The maximum absolute atomic E-state index is 10.3. The number of hydrogen-bond acceptors (Lipinski definition) is 2. The van der Waals surface area contributed by atoms with Crippen LogP contribution in [0.25, 0.3) is 11.1 Å². The molecule has 0 fully saturated rings. The fourth-order valence-corrected chi connectivity index (χ4v) is 2.63. The molecule has 0 aliphatic heterocycles. The lowest BCUT2D eigenvalue weighted by atomic mass is 9.77. The van der Waals surface area contributed by atoms with E-state index in [1.165, 1.54) is 11.6 Å².